The van der Waals surface area contributed by atoms with Crippen molar-refractivity contribution in [2.24, 2.45) is 5.92 Å². The maximum absolute atomic E-state index is 12.3. The Kier molecular flexibility index (Phi) is 4.64. The van der Waals surface area contributed by atoms with Crippen LogP contribution in [0.3, 0.4) is 0 Å². The molecule has 19 heavy (non-hydrogen) atoms. The van der Waals surface area contributed by atoms with Crippen molar-refractivity contribution in [3.8, 4) is 0 Å². The van der Waals surface area contributed by atoms with Crippen LogP contribution in [0.1, 0.15) is 56.1 Å². The van der Waals surface area contributed by atoms with Crippen molar-refractivity contribution >= 4 is 5.91 Å². The van der Waals surface area contributed by atoms with Crippen LogP contribution >= 0.6 is 0 Å². The first-order valence-corrected chi connectivity index (χ1v) is 7.22. The summed E-state index contributed by atoms with van der Waals surface area (Å²) >= 11 is 0. The summed E-state index contributed by atoms with van der Waals surface area (Å²) in [6, 6.07) is 4.33. The minimum Gasteiger partial charge on any atom is -0.396 e. The van der Waals surface area contributed by atoms with Crippen LogP contribution in [-0.2, 0) is 0 Å². The van der Waals surface area contributed by atoms with Gasteiger partial charge in [0, 0.05) is 24.9 Å². The standard InChI is InChI=1S/C15H24N2O2/c1-11(2)13(8-10-18)16-15(19)14-7-4-9-17(14)12-5-3-6-12/h4,7,9,11-13,18H,3,5-6,8,10H2,1-2H3,(H,16,19). The molecule has 1 aliphatic rings. The number of aromatic nitrogens is 1. The molecule has 2 rings (SSSR count). The van der Waals surface area contributed by atoms with Gasteiger partial charge < -0.3 is 15.0 Å². The molecule has 1 fully saturated rings. The van der Waals surface area contributed by atoms with E-state index in [9.17, 15) is 4.79 Å². The number of nitrogens with zero attached hydrogens (tertiary/aromatic N) is 1. The number of aliphatic hydroxyl groups excluding tert-OH is 1. The highest BCUT2D eigenvalue weighted by molar-refractivity contribution is 5.93. The van der Waals surface area contributed by atoms with Gasteiger partial charge in [-0.3, -0.25) is 4.79 Å². The first-order valence-electron chi connectivity index (χ1n) is 7.22. The first-order chi connectivity index (χ1) is 9.13. The smallest absolute Gasteiger partial charge is 0.268 e. The Balaban J connectivity index is 2.04. The third-order valence-electron chi connectivity index (χ3n) is 4.04. The number of rotatable bonds is 6. The van der Waals surface area contributed by atoms with Gasteiger partial charge in [0.15, 0.2) is 0 Å². The molecule has 0 aliphatic heterocycles. The highest BCUT2D eigenvalue weighted by Gasteiger charge is 2.24. The molecule has 4 nitrogen and oxygen atoms in total. The van der Waals surface area contributed by atoms with E-state index in [4.69, 9.17) is 5.11 Å². The lowest BCUT2D eigenvalue weighted by Gasteiger charge is -2.29. The van der Waals surface area contributed by atoms with E-state index in [1.54, 1.807) is 0 Å². The van der Waals surface area contributed by atoms with Crippen molar-refractivity contribution in [3.05, 3.63) is 24.0 Å². The van der Waals surface area contributed by atoms with Crippen LogP contribution in [-0.4, -0.2) is 28.2 Å². The minimum atomic E-state index is -0.0240. The molecule has 1 unspecified atom stereocenters. The van der Waals surface area contributed by atoms with Gasteiger partial charge in [-0.15, -0.1) is 0 Å². The number of carbonyl (C=O) groups excluding carboxylic acids is 1. The summed E-state index contributed by atoms with van der Waals surface area (Å²) in [6.07, 6.45) is 6.18. The van der Waals surface area contributed by atoms with E-state index >= 15 is 0 Å². The average Bonchev–Trinajstić information content (AvgIpc) is 2.74. The Labute approximate surface area is 114 Å². The fourth-order valence-electron chi connectivity index (χ4n) is 2.52. The summed E-state index contributed by atoms with van der Waals surface area (Å²) in [5, 5.41) is 12.1. The van der Waals surface area contributed by atoms with Gasteiger partial charge in [-0.1, -0.05) is 13.8 Å². The van der Waals surface area contributed by atoms with Crippen LogP contribution in [0.15, 0.2) is 18.3 Å². The summed E-state index contributed by atoms with van der Waals surface area (Å²) in [7, 11) is 0. The van der Waals surface area contributed by atoms with Gasteiger partial charge in [0.25, 0.3) is 5.91 Å². The molecular formula is C15H24N2O2. The fourth-order valence-corrected chi connectivity index (χ4v) is 2.52. The highest BCUT2D eigenvalue weighted by Crippen LogP contribution is 2.32. The number of nitrogens with one attached hydrogen (secondary N) is 1. The molecule has 106 valence electrons. The van der Waals surface area contributed by atoms with E-state index in [1.807, 2.05) is 18.3 Å². The first kappa shape index (κ1) is 14.1. The molecule has 0 bridgehead atoms. The molecule has 4 heteroatoms. The van der Waals surface area contributed by atoms with Crippen molar-refractivity contribution < 1.29 is 9.90 Å². The third-order valence-corrected chi connectivity index (χ3v) is 4.04. The van der Waals surface area contributed by atoms with E-state index in [0.717, 1.165) is 5.69 Å². The summed E-state index contributed by atoms with van der Waals surface area (Å²) < 4.78 is 2.09. The van der Waals surface area contributed by atoms with Crippen LogP contribution in [0.5, 0.6) is 0 Å². The minimum absolute atomic E-state index is 0.0240. The second-order valence-corrected chi connectivity index (χ2v) is 5.72. The van der Waals surface area contributed by atoms with Crippen molar-refractivity contribution in [2.75, 3.05) is 6.61 Å². The number of amides is 1. The zero-order valence-electron chi connectivity index (χ0n) is 11.8. The Morgan fingerprint density at radius 3 is 2.79 bits per heavy atom. The summed E-state index contributed by atoms with van der Waals surface area (Å²) in [5.41, 5.74) is 0.744. The van der Waals surface area contributed by atoms with Crippen LogP contribution in [0.25, 0.3) is 0 Å². The molecule has 0 aromatic carbocycles. The predicted octanol–water partition coefficient (Wildman–Crippen LogP) is 2.35. The van der Waals surface area contributed by atoms with E-state index < -0.39 is 0 Å². The largest absolute Gasteiger partial charge is 0.396 e. The number of aliphatic hydroxyl groups is 1. The molecular weight excluding hydrogens is 240 g/mol. The molecule has 1 aromatic heterocycles. The lowest BCUT2D eigenvalue weighted by atomic mass is 9.92. The normalized spacial score (nSPS) is 17.3. The average molecular weight is 264 g/mol. The van der Waals surface area contributed by atoms with E-state index in [-0.39, 0.29) is 18.6 Å². The van der Waals surface area contributed by atoms with Gasteiger partial charge in [0.2, 0.25) is 0 Å². The van der Waals surface area contributed by atoms with Crippen molar-refractivity contribution in [3.63, 3.8) is 0 Å². The lowest BCUT2D eigenvalue weighted by molar-refractivity contribution is 0.0901. The molecule has 1 aromatic rings. The quantitative estimate of drug-likeness (QED) is 0.828. The predicted molar refractivity (Wildman–Crippen MR) is 75.1 cm³/mol. The maximum Gasteiger partial charge on any atom is 0.268 e. The molecule has 1 aliphatic carbocycles. The SMILES string of the molecule is CC(C)C(CCO)NC(=O)c1cccn1C1CCC1. The molecule has 0 spiro atoms. The van der Waals surface area contributed by atoms with Gasteiger partial charge in [-0.05, 0) is 43.7 Å². The number of carbonyl (C=O) groups is 1. The Hall–Kier alpha value is -1.29. The number of hydrogen-bond acceptors (Lipinski definition) is 2. The zero-order valence-corrected chi connectivity index (χ0v) is 11.8. The monoisotopic (exact) mass is 264 g/mol. The fraction of sp³-hybridized carbons (Fsp3) is 0.667. The van der Waals surface area contributed by atoms with Crippen LogP contribution in [0.2, 0.25) is 0 Å². The third kappa shape index (κ3) is 3.18. The molecule has 0 radical (unpaired) electrons. The molecule has 1 atom stereocenters. The van der Waals surface area contributed by atoms with Gasteiger partial charge in [-0.2, -0.15) is 0 Å². The maximum atomic E-state index is 12.3. The van der Waals surface area contributed by atoms with Crippen LogP contribution < -0.4 is 5.32 Å². The van der Waals surface area contributed by atoms with Gasteiger partial charge in [0.05, 0.1) is 0 Å². The summed E-state index contributed by atoms with van der Waals surface area (Å²) in [5.74, 6) is 0.298. The van der Waals surface area contributed by atoms with Gasteiger partial charge in [0.1, 0.15) is 5.69 Å². The Morgan fingerprint density at radius 1 is 1.53 bits per heavy atom. The van der Waals surface area contributed by atoms with Crippen LogP contribution in [0.4, 0.5) is 0 Å². The summed E-state index contributed by atoms with van der Waals surface area (Å²) in [6.45, 7) is 4.23. The van der Waals surface area contributed by atoms with Gasteiger partial charge >= 0.3 is 0 Å². The van der Waals surface area contributed by atoms with Crippen molar-refractivity contribution in [1.82, 2.24) is 9.88 Å². The van der Waals surface area contributed by atoms with E-state index in [2.05, 4.69) is 23.7 Å². The second-order valence-electron chi connectivity index (χ2n) is 5.72. The Morgan fingerprint density at radius 2 is 2.26 bits per heavy atom. The lowest BCUT2D eigenvalue weighted by Crippen LogP contribution is -2.40. The van der Waals surface area contributed by atoms with Gasteiger partial charge in [-0.25, -0.2) is 0 Å². The molecule has 1 heterocycles. The number of hydrogen-bond donors (Lipinski definition) is 2. The van der Waals surface area contributed by atoms with Crippen LogP contribution in [0, 0.1) is 5.92 Å². The van der Waals surface area contributed by atoms with Crippen molar-refractivity contribution in [1.29, 1.82) is 0 Å². The topological polar surface area (TPSA) is 54.3 Å². The second kappa shape index (κ2) is 6.24. The van der Waals surface area contributed by atoms with Crippen molar-refractivity contribution in [2.45, 2.75) is 51.6 Å². The summed E-state index contributed by atoms with van der Waals surface area (Å²) in [4.78, 5) is 12.3. The zero-order chi connectivity index (χ0) is 13.8. The highest BCUT2D eigenvalue weighted by atomic mass is 16.3. The molecule has 0 saturated heterocycles. The van der Waals surface area contributed by atoms with E-state index in [0.29, 0.717) is 18.4 Å². The van der Waals surface area contributed by atoms with E-state index in [1.165, 1.54) is 19.3 Å². The molecule has 1 amide bonds. The Bertz CT molecular complexity index is 422. The molecule has 1 saturated carbocycles. The molecule has 2 N–H and O–H groups in total.